The molecule has 1 rings (SSSR count). The Hall–Kier alpha value is -1.51. The maximum absolute atomic E-state index is 12.8. The molecule has 1 aliphatic rings. The monoisotopic (exact) mass is 438 g/mol. The van der Waals surface area contributed by atoms with E-state index in [4.69, 9.17) is 5.11 Å². The Morgan fingerprint density at radius 3 is 1.70 bits per heavy atom. The first-order valence-electron chi connectivity index (χ1n) is 11.2. The van der Waals surface area contributed by atoms with E-state index >= 15 is 0 Å². The summed E-state index contributed by atoms with van der Waals surface area (Å²) in [4.78, 5) is 23.7. The van der Waals surface area contributed by atoms with Gasteiger partial charge in [0, 0.05) is 38.9 Å². The second-order valence-corrected chi connectivity index (χ2v) is 8.28. The molecule has 9 heteroatoms. The van der Waals surface area contributed by atoms with E-state index in [1.165, 1.54) is 24.2 Å². The molecule has 2 amide bonds. The first-order valence-corrected chi connectivity index (χ1v) is 11.2. The van der Waals surface area contributed by atoms with Crippen LogP contribution in [0.15, 0.2) is 0 Å². The molecule has 1 saturated heterocycles. The number of urea groups is 1. The van der Waals surface area contributed by atoms with Crippen molar-refractivity contribution in [3.63, 3.8) is 0 Å². The molecule has 0 aromatic rings. The molecule has 176 valence electrons. The van der Waals surface area contributed by atoms with Crippen molar-refractivity contribution in [3.8, 4) is 0 Å². The molecule has 1 heterocycles. The van der Waals surface area contributed by atoms with Gasteiger partial charge in [-0.25, -0.2) is 4.79 Å². The lowest BCUT2D eigenvalue weighted by Gasteiger charge is -2.39. The number of likely N-dealkylation sites (tertiary alicyclic amines) is 1. The first kappa shape index (κ1) is 26.5. The van der Waals surface area contributed by atoms with Gasteiger partial charge in [0.2, 0.25) is 0 Å². The third-order valence-corrected chi connectivity index (χ3v) is 5.75. The number of hydrogen-bond donors (Lipinski definition) is 3. The van der Waals surface area contributed by atoms with Gasteiger partial charge in [-0.15, -0.1) is 0 Å². The molecule has 3 N–H and O–H groups in total. The molecular weight excluding hydrogens is 401 g/mol. The zero-order chi connectivity index (χ0) is 22.5. The predicted molar refractivity (Wildman–Crippen MR) is 108 cm³/mol. The van der Waals surface area contributed by atoms with Gasteiger partial charge in [0.05, 0.1) is 0 Å². The van der Waals surface area contributed by atoms with Gasteiger partial charge in [0.1, 0.15) is 0 Å². The Balaban J connectivity index is 1.92. The SMILES string of the molecule is O=C(O)CCCCCCCCCCCCCNC(=O)N1CCC(O)(C(F)(F)F)CC1. The summed E-state index contributed by atoms with van der Waals surface area (Å²) in [6.45, 7) is 0.317. The third kappa shape index (κ3) is 10.5. The summed E-state index contributed by atoms with van der Waals surface area (Å²) >= 11 is 0. The van der Waals surface area contributed by atoms with E-state index in [9.17, 15) is 27.9 Å². The molecule has 0 saturated carbocycles. The van der Waals surface area contributed by atoms with Crippen LogP contribution < -0.4 is 5.32 Å². The molecule has 0 aliphatic carbocycles. The van der Waals surface area contributed by atoms with Crippen molar-refractivity contribution in [3.05, 3.63) is 0 Å². The van der Waals surface area contributed by atoms with Crippen LogP contribution in [0.5, 0.6) is 0 Å². The molecule has 0 atom stereocenters. The molecular formula is C21H37F3N2O4. The largest absolute Gasteiger partial charge is 0.481 e. The fraction of sp³-hybridized carbons (Fsp3) is 0.905. The third-order valence-electron chi connectivity index (χ3n) is 5.75. The number of hydrogen-bond acceptors (Lipinski definition) is 3. The predicted octanol–water partition coefficient (Wildman–Crippen LogP) is 4.85. The van der Waals surface area contributed by atoms with Crippen LogP contribution in [-0.2, 0) is 4.79 Å². The number of carbonyl (C=O) groups excluding carboxylic acids is 1. The van der Waals surface area contributed by atoms with Crippen molar-refractivity contribution in [2.45, 2.75) is 102 Å². The highest BCUT2D eigenvalue weighted by atomic mass is 19.4. The van der Waals surface area contributed by atoms with E-state index < -0.39 is 30.6 Å². The Morgan fingerprint density at radius 2 is 1.27 bits per heavy atom. The summed E-state index contributed by atoms with van der Waals surface area (Å²) in [6.07, 6.45) is 6.29. The molecule has 0 aromatic heterocycles. The van der Waals surface area contributed by atoms with E-state index in [0.717, 1.165) is 51.4 Å². The van der Waals surface area contributed by atoms with Crippen LogP contribution in [0.1, 0.15) is 89.9 Å². The number of carbonyl (C=O) groups is 2. The Morgan fingerprint density at radius 1 is 0.833 bits per heavy atom. The van der Waals surface area contributed by atoms with Crippen LogP contribution in [0.3, 0.4) is 0 Å². The van der Waals surface area contributed by atoms with Crippen molar-refractivity contribution in [2.24, 2.45) is 0 Å². The van der Waals surface area contributed by atoms with Gasteiger partial charge in [-0.2, -0.15) is 13.2 Å². The lowest BCUT2D eigenvalue weighted by atomic mass is 9.91. The van der Waals surface area contributed by atoms with Gasteiger partial charge in [0.25, 0.3) is 0 Å². The van der Waals surface area contributed by atoms with E-state index in [-0.39, 0.29) is 25.5 Å². The number of amides is 2. The van der Waals surface area contributed by atoms with Crippen molar-refractivity contribution >= 4 is 12.0 Å². The van der Waals surface area contributed by atoms with E-state index in [2.05, 4.69) is 5.32 Å². The fourth-order valence-electron chi connectivity index (χ4n) is 3.66. The van der Waals surface area contributed by atoms with Crippen LogP contribution in [0, 0.1) is 0 Å². The topological polar surface area (TPSA) is 89.9 Å². The minimum absolute atomic E-state index is 0.0958. The highest BCUT2D eigenvalue weighted by molar-refractivity contribution is 5.74. The summed E-state index contributed by atoms with van der Waals surface area (Å²) in [5.74, 6) is -0.722. The zero-order valence-corrected chi connectivity index (χ0v) is 17.8. The van der Waals surface area contributed by atoms with E-state index in [1.54, 1.807) is 0 Å². The van der Waals surface area contributed by atoms with Gasteiger partial charge in [-0.3, -0.25) is 4.79 Å². The van der Waals surface area contributed by atoms with E-state index in [0.29, 0.717) is 6.54 Å². The number of aliphatic carboxylic acids is 1. The molecule has 0 bridgehead atoms. The first-order chi connectivity index (χ1) is 14.2. The lowest BCUT2D eigenvalue weighted by molar-refractivity contribution is -0.271. The number of piperidine rings is 1. The molecule has 0 unspecified atom stereocenters. The van der Waals surface area contributed by atoms with Gasteiger partial charge < -0.3 is 20.4 Å². The minimum Gasteiger partial charge on any atom is -0.481 e. The van der Waals surface area contributed by atoms with Crippen molar-refractivity contribution in [1.82, 2.24) is 10.2 Å². The van der Waals surface area contributed by atoms with Crippen molar-refractivity contribution in [2.75, 3.05) is 19.6 Å². The van der Waals surface area contributed by atoms with Crippen LogP contribution in [-0.4, -0.2) is 58.5 Å². The van der Waals surface area contributed by atoms with Gasteiger partial charge >= 0.3 is 18.2 Å². The number of nitrogens with one attached hydrogen (secondary N) is 1. The van der Waals surface area contributed by atoms with Gasteiger partial charge in [-0.1, -0.05) is 57.8 Å². The number of rotatable bonds is 14. The van der Waals surface area contributed by atoms with Crippen LogP contribution in [0.4, 0.5) is 18.0 Å². The second kappa shape index (κ2) is 13.7. The summed E-state index contributed by atoms with van der Waals surface area (Å²) in [5, 5.41) is 20.9. The highest BCUT2D eigenvalue weighted by Crippen LogP contribution is 2.38. The lowest BCUT2D eigenvalue weighted by Crippen LogP contribution is -2.55. The average molecular weight is 439 g/mol. The Kier molecular flexibility index (Phi) is 12.1. The maximum atomic E-state index is 12.8. The molecule has 1 aliphatic heterocycles. The van der Waals surface area contributed by atoms with Gasteiger partial charge in [0.15, 0.2) is 5.60 Å². The molecule has 0 aromatic carbocycles. The molecule has 1 fully saturated rings. The molecule has 0 radical (unpaired) electrons. The fourth-order valence-corrected chi connectivity index (χ4v) is 3.66. The Labute approximate surface area is 177 Å². The smallest absolute Gasteiger partial charge is 0.417 e. The van der Waals surface area contributed by atoms with Crippen LogP contribution >= 0.6 is 0 Å². The van der Waals surface area contributed by atoms with Crippen LogP contribution in [0.25, 0.3) is 0 Å². The number of carboxylic acids is 1. The second-order valence-electron chi connectivity index (χ2n) is 8.28. The van der Waals surface area contributed by atoms with E-state index in [1.807, 2.05) is 0 Å². The summed E-state index contributed by atoms with van der Waals surface area (Å²) < 4.78 is 38.3. The molecule has 0 spiro atoms. The van der Waals surface area contributed by atoms with Crippen molar-refractivity contribution < 1.29 is 33.0 Å². The number of nitrogens with zero attached hydrogens (tertiary/aromatic N) is 1. The Bertz CT molecular complexity index is 507. The number of carboxylic acid groups (broad SMARTS) is 1. The van der Waals surface area contributed by atoms with Crippen LogP contribution in [0.2, 0.25) is 0 Å². The minimum atomic E-state index is -4.66. The molecule has 30 heavy (non-hydrogen) atoms. The van der Waals surface area contributed by atoms with Crippen molar-refractivity contribution in [1.29, 1.82) is 0 Å². The summed E-state index contributed by atoms with van der Waals surface area (Å²) in [5.41, 5.74) is -2.68. The summed E-state index contributed by atoms with van der Waals surface area (Å²) in [6, 6.07) is -0.359. The van der Waals surface area contributed by atoms with Gasteiger partial charge in [-0.05, 0) is 12.8 Å². The standard InChI is InChI=1S/C21H37F3N2O4/c22-21(23,24)20(30)13-16-26(17-14-20)19(29)25-15-11-9-7-5-3-1-2-4-6-8-10-12-18(27)28/h30H,1-17H2,(H,25,29)(H,27,28). The zero-order valence-electron chi connectivity index (χ0n) is 17.8. The number of aliphatic hydroxyl groups is 1. The maximum Gasteiger partial charge on any atom is 0.417 e. The average Bonchev–Trinajstić information content (AvgIpc) is 2.67. The number of halogens is 3. The quantitative estimate of drug-likeness (QED) is 0.338. The highest BCUT2D eigenvalue weighted by Gasteiger charge is 2.54. The normalized spacial score (nSPS) is 16.5. The summed E-state index contributed by atoms with van der Waals surface area (Å²) in [7, 11) is 0. The number of unbranched alkanes of at least 4 members (excludes halogenated alkanes) is 10. The number of alkyl halides is 3. The molecule has 6 nitrogen and oxygen atoms in total.